The predicted octanol–water partition coefficient (Wildman–Crippen LogP) is 3.45. The van der Waals surface area contributed by atoms with E-state index in [1.165, 1.54) is 52.0 Å². The molecule has 1 amide bonds. The van der Waals surface area contributed by atoms with Crippen LogP contribution in [0.15, 0.2) is 30.3 Å². The van der Waals surface area contributed by atoms with Crippen LogP contribution in [0.25, 0.3) is 0 Å². The first-order valence-electron chi connectivity index (χ1n) is 11.0. The highest BCUT2D eigenvalue weighted by molar-refractivity contribution is 5.67. The highest BCUT2D eigenvalue weighted by Crippen LogP contribution is 2.40. The average molecular weight is 386 g/mol. The van der Waals surface area contributed by atoms with Crippen LogP contribution >= 0.6 is 0 Å². The summed E-state index contributed by atoms with van der Waals surface area (Å²) in [6.07, 6.45) is 6.16. The topological polar surface area (TPSA) is 36.0 Å². The van der Waals surface area contributed by atoms with E-state index >= 15 is 0 Å². The van der Waals surface area contributed by atoms with Gasteiger partial charge in [-0.05, 0) is 75.7 Å². The number of rotatable bonds is 4. The Balaban J connectivity index is 1.17. The molecule has 0 saturated carbocycles. The number of hydrogen-bond donors (Lipinski definition) is 0. The quantitative estimate of drug-likeness (QED) is 0.795. The summed E-state index contributed by atoms with van der Waals surface area (Å²) in [4.78, 5) is 19.4. The Bertz CT molecular complexity index is 635. The third kappa shape index (κ3) is 4.87. The number of benzene rings is 1. The first-order valence-corrected chi connectivity index (χ1v) is 11.0. The second kappa shape index (κ2) is 8.83. The molecule has 4 rings (SSSR count). The molecule has 1 aromatic carbocycles. The number of amides is 1. The molecule has 0 bridgehead atoms. The summed E-state index contributed by atoms with van der Waals surface area (Å²) in [6.45, 7) is 8.33. The summed E-state index contributed by atoms with van der Waals surface area (Å²) in [5, 5.41) is 0. The molecule has 28 heavy (non-hydrogen) atoms. The van der Waals surface area contributed by atoms with Gasteiger partial charge in [-0.3, -0.25) is 0 Å². The fraction of sp³-hybridized carbons (Fsp3) is 0.696. The van der Waals surface area contributed by atoms with Crippen LogP contribution in [-0.4, -0.2) is 73.7 Å². The van der Waals surface area contributed by atoms with Gasteiger partial charge < -0.3 is 19.4 Å². The van der Waals surface area contributed by atoms with Crippen LogP contribution in [-0.2, 0) is 11.3 Å². The highest BCUT2D eigenvalue weighted by atomic mass is 16.6. The van der Waals surface area contributed by atoms with E-state index < -0.39 is 0 Å². The number of piperidine rings is 2. The zero-order chi connectivity index (χ0) is 19.4. The maximum atomic E-state index is 12.3. The van der Waals surface area contributed by atoms with E-state index in [0.717, 1.165) is 37.4 Å². The van der Waals surface area contributed by atoms with Gasteiger partial charge in [0.15, 0.2) is 0 Å². The first-order chi connectivity index (χ1) is 13.6. The van der Waals surface area contributed by atoms with E-state index in [2.05, 4.69) is 16.8 Å². The minimum atomic E-state index is -0.159. The van der Waals surface area contributed by atoms with Gasteiger partial charge in [0, 0.05) is 26.2 Å². The third-order valence-electron chi connectivity index (χ3n) is 7.16. The van der Waals surface area contributed by atoms with Crippen LogP contribution in [0.5, 0.6) is 0 Å². The number of carbonyl (C=O) groups is 1. The smallest absolute Gasteiger partial charge is 0.410 e. The average Bonchev–Trinajstić information content (AvgIpc) is 3.12. The Morgan fingerprint density at radius 2 is 1.71 bits per heavy atom. The van der Waals surface area contributed by atoms with Crippen molar-refractivity contribution in [2.45, 2.75) is 38.7 Å². The van der Waals surface area contributed by atoms with Gasteiger partial charge in [-0.1, -0.05) is 30.3 Å². The van der Waals surface area contributed by atoms with E-state index in [1.54, 1.807) is 0 Å². The molecule has 3 aliphatic rings. The van der Waals surface area contributed by atoms with E-state index in [1.807, 2.05) is 35.2 Å². The molecule has 0 aliphatic carbocycles. The number of hydrogen-bond acceptors (Lipinski definition) is 4. The largest absolute Gasteiger partial charge is 0.445 e. The first kappa shape index (κ1) is 19.7. The van der Waals surface area contributed by atoms with Crippen molar-refractivity contribution in [2.75, 3.05) is 52.9 Å². The van der Waals surface area contributed by atoms with Gasteiger partial charge in [0.1, 0.15) is 6.61 Å². The second-order valence-electron chi connectivity index (χ2n) is 9.26. The molecule has 1 aromatic rings. The molecule has 0 radical (unpaired) electrons. The Labute approximate surface area is 169 Å². The van der Waals surface area contributed by atoms with E-state index in [9.17, 15) is 4.79 Å². The molecule has 3 saturated heterocycles. The van der Waals surface area contributed by atoms with Crippen LogP contribution in [0.2, 0.25) is 0 Å². The minimum Gasteiger partial charge on any atom is -0.445 e. The standard InChI is InChI=1S/C23H35N3O2/c1-24-14-9-23(10-15-24)11-16-25(19-23)17-20-7-12-26(13-8-20)22(27)28-18-21-5-3-2-4-6-21/h2-6,20H,7-19H2,1H3. The molecule has 154 valence electrons. The van der Waals surface area contributed by atoms with Gasteiger partial charge in [-0.25, -0.2) is 4.79 Å². The van der Waals surface area contributed by atoms with Crippen molar-refractivity contribution in [2.24, 2.45) is 11.3 Å². The van der Waals surface area contributed by atoms with Crippen molar-refractivity contribution in [3.05, 3.63) is 35.9 Å². The van der Waals surface area contributed by atoms with Crippen LogP contribution in [0.3, 0.4) is 0 Å². The Morgan fingerprint density at radius 3 is 2.43 bits per heavy atom. The van der Waals surface area contributed by atoms with Crippen molar-refractivity contribution in [1.82, 2.24) is 14.7 Å². The monoisotopic (exact) mass is 385 g/mol. The van der Waals surface area contributed by atoms with E-state index in [4.69, 9.17) is 4.74 Å². The fourth-order valence-electron chi connectivity index (χ4n) is 5.16. The predicted molar refractivity (Wildman–Crippen MR) is 111 cm³/mol. The maximum Gasteiger partial charge on any atom is 0.410 e. The second-order valence-corrected chi connectivity index (χ2v) is 9.26. The summed E-state index contributed by atoms with van der Waals surface area (Å²) in [7, 11) is 2.25. The molecule has 0 aromatic heterocycles. The number of carbonyl (C=O) groups excluding carboxylic acids is 1. The molecule has 3 aliphatic heterocycles. The number of likely N-dealkylation sites (tertiary alicyclic amines) is 3. The maximum absolute atomic E-state index is 12.3. The van der Waals surface area contributed by atoms with Gasteiger partial charge in [-0.15, -0.1) is 0 Å². The summed E-state index contributed by atoms with van der Waals surface area (Å²) in [6, 6.07) is 9.91. The lowest BCUT2D eigenvalue weighted by Crippen LogP contribution is -2.43. The van der Waals surface area contributed by atoms with Crippen LogP contribution in [0.4, 0.5) is 4.79 Å². The van der Waals surface area contributed by atoms with Crippen LogP contribution in [0.1, 0.15) is 37.7 Å². The van der Waals surface area contributed by atoms with Crippen molar-refractivity contribution in [3.63, 3.8) is 0 Å². The van der Waals surface area contributed by atoms with E-state index in [0.29, 0.717) is 12.0 Å². The SMILES string of the molecule is CN1CCC2(CC1)CCN(CC1CCN(C(=O)OCc3ccccc3)CC1)C2. The molecule has 5 nitrogen and oxygen atoms in total. The number of nitrogens with zero attached hydrogens (tertiary/aromatic N) is 3. The Hall–Kier alpha value is -1.59. The van der Waals surface area contributed by atoms with Crippen molar-refractivity contribution in [3.8, 4) is 0 Å². The van der Waals surface area contributed by atoms with Gasteiger partial charge in [0.2, 0.25) is 0 Å². The summed E-state index contributed by atoms with van der Waals surface area (Å²) in [5.41, 5.74) is 1.64. The van der Waals surface area contributed by atoms with Crippen molar-refractivity contribution >= 4 is 6.09 Å². The van der Waals surface area contributed by atoms with Gasteiger partial charge in [0.25, 0.3) is 0 Å². The van der Waals surface area contributed by atoms with E-state index in [-0.39, 0.29) is 6.09 Å². The Morgan fingerprint density at radius 1 is 1.04 bits per heavy atom. The number of ether oxygens (including phenoxy) is 1. The highest BCUT2D eigenvalue weighted by Gasteiger charge is 2.40. The Kier molecular flexibility index (Phi) is 6.22. The normalized spacial score (nSPS) is 24.0. The lowest BCUT2D eigenvalue weighted by molar-refractivity contribution is 0.0763. The molecule has 1 spiro atoms. The van der Waals surface area contributed by atoms with Gasteiger partial charge in [-0.2, -0.15) is 0 Å². The summed E-state index contributed by atoms with van der Waals surface area (Å²) >= 11 is 0. The van der Waals surface area contributed by atoms with Crippen molar-refractivity contribution in [1.29, 1.82) is 0 Å². The summed E-state index contributed by atoms with van der Waals surface area (Å²) in [5.74, 6) is 0.722. The molecular weight excluding hydrogens is 350 g/mol. The molecule has 0 unspecified atom stereocenters. The van der Waals surface area contributed by atoms with Crippen LogP contribution < -0.4 is 0 Å². The zero-order valence-electron chi connectivity index (χ0n) is 17.3. The molecule has 0 atom stereocenters. The van der Waals surface area contributed by atoms with Gasteiger partial charge in [0.05, 0.1) is 0 Å². The zero-order valence-corrected chi connectivity index (χ0v) is 17.3. The molecule has 3 fully saturated rings. The van der Waals surface area contributed by atoms with Crippen molar-refractivity contribution < 1.29 is 9.53 Å². The molecule has 0 N–H and O–H groups in total. The minimum absolute atomic E-state index is 0.159. The van der Waals surface area contributed by atoms with Gasteiger partial charge >= 0.3 is 6.09 Å². The third-order valence-corrected chi connectivity index (χ3v) is 7.16. The lowest BCUT2D eigenvalue weighted by atomic mass is 9.78. The molecular formula is C23H35N3O2. The lowest BCUT2D eigenvalue weighted by Gasteiger charge is -2.38. The van der Waals surface area contributed by atoms with Crippen LogP contribution in [0, 0.1) is 11.3 Å². The fourth-order valence-corrected chi connectivity index (χ4v) is 5.16. The molecule has 3 heterocycles. The summed E-state index contributed by atoms with van der Waals surface area (Å²) < 4.78 is 5.49. The molecule has 5 heteroatoms.